The number of carbonyl (C=O) groups is 2. The van der Waals surface area contributed by atoms with Crippen molar-refractivity contribution in [3.05, 3.63) is 71.4 Å². The van der Waals surface area contributed by atoms with Gasteiger partial charge in [-0.3, -0.25) is 4.79 Å². The molecule has 2 rings (SSSR count). The first-order valence-corrected chi connectivity index (χ1v) is 8.63. The zero-order valence-corrected chi connectivity index (χ0v) is 15.7. The predicted molar refractivity (Wildman–Crippen MR) is 105 cm³/mol. The van der Waals surface area contributed by atoms with Crippen LogP contribution >= 0.6 is 0 Å². The molecule has 0 aliphatic carbocycles. The van der Waals surface area contributed by atoms with Crippen LogP contribution in [0.3, 0.4) is 0 Å². The summed E-state index contributed by atoms with van der Waals surface area (Å²) in [5.74, 6) is -0.293. The van der Waals surface area contributed by atoms with Gasteiger partial charge in [-0.05, 0) is 36.8 Å². The molecule has 0 spiro atoms. The molecule has 0 aliphatic heterocycles. The van der Waals surface area contributed by atoms with E-state index >= 15 is 0 Å². The lowest BCUT2D eigenvalue weighted by Gasteiger charge is -2.09. The molecule has 0 heterocycles. The van der Waals surface area contributed by atoms with Crippen molar-refractivity contribution >= 4 is 17.6 Å². The van der Waals surface area contributed by atoms with E-state index in [9.17, 15) is 14.9 Å². The fourth-order valence-electron chi connectivity index (χ4n) is 2.32. The van der Waals surface area contributed by atoms with Gasteiger partial charge in [0.15, 0.2) is 0 Å². The Morgan fingerprint density at radius 2 is 1.86 bits per heavy atom. The van der Waals surface area contributed by atoms with E-state index in [1.165, 1.54) is 6.20 Å². The van der Waals surface area contributed by atoms with Gasteiger partial charge in [0.25, 0.3) is 5.91 Å². The molecule has 0 bridgehead atoms. The Balaban J connectivity index is 2.04. The second-order valence-corrected chi connectivity index (χ2v) is 5.61. The Kier molecular flexibility index (Phi) is 7.61. The molecule has 0 aliphatic rings. The third kappa shape index (κ3) is 5.61. The number of ether oxygens (including phenoxy) is 2. The van der Waals surface area contributed by atoms with Crippen molar-refractivity contribution < 1.29 is 19.1 Å². The maximum Gasteiger partial charge on any atom is 0.340 e. The molecule has 2 aromatic rings. The summed E-state index contributed by atoms with van der Waals surface area (Å²) in [7, 11) is 1.58. The van der Waals surface area contributed by atoms with E-state index in [0.717, 1.165) is 11.3 Å². The first-order valence-electron chi connectivity index (χ1n) is 8.63. The van der Waals surface area contributed by atoms with Crippen molar-refractivity contribution in [3.8, 4) is 11.8 Å². The highest BCUT2D eigenvalue weighted by molar-refractivity contribution is 5.98. The number of para-hydroxylation sites is 1. The largest absolute Gasteiger partial charge is 0.497 e. The molecule has 7 heteroatoms. The molecule has 7 nitrogen and oxygen atoms in total. The van der Waals surface area contributed by atoms with Gasteiger partial charge in [-0.2, -0.15) is 5.26 Å². The topological polar surface area (TPSA) is 100 Å². The van der Waals surface area contributed by atoms with Crippen LogP contribution < -0.4 is 15.4 Å². The van der Waals surface area contributed by atoms with E-state index < -0.39 is 11.9 Å². The van der Waals surface area contributed by atoms with Crippen molar-refractivity contribution in [3.63, 3.8) is 0 Å². The number of benzene rings is 2. The number of hydrogen-bond acceptors (Lipinski definition) is 6. The average Bonchev–Trinajstić information content (AvgIpc) is 2.73. The molecule has 0 atom stereocenters. The number of amides is 1. The van der Waals surface area contributed by atoms with Gasteiger partial charge in [0, 0.05) is 12.7 Å². The first-order chi connectivity index (χ1) is 13.6. The van der Waals surface area contributed by atoms with Crippen LogP contribution in [0.1, 0.15) is 22.8 Å². The lowest BCUT2D eigenvalue weighted by atomic mass is 10.1. The molecule has 0 saturated carbocycles. The van der Waals surface area contributed by atoms with Crippen LogP contribution in [0, 0.1) is 11.3 Å². The summed E-state index contributed by atoms with van der Waals surface area (Å²) in [5, 5.41) is 14.8. The van der Waals surface area contributed by atoms with Crippen LogP contribution in [0.15, 0.2) is 60.3 Å². The fraction of sp³-hybridized carbons (Fsp3) is 0.190. The summed E-state index contributed by atoms with van der Waals surface area (Å²) < 4.78 is 10.1. The van der Waals surface area contributed by atoms with Crippen molar-refractivity contribution in [1.82, 2.24) is 5.32 Å². The number of nitriles is 1. The number of esters is 1. The van der Waals surface area contributed by atoms with Crippen molar-refractivity contribution in [2.24, 2.45) is 0 Å². The number of anilines is 1. The van der Waals surface area contributed by atoms with Crippen LogP contribution in [0.25, 0.3) is 0 Å². The van der Waals surface area contributed by atoms with Crippen LogP contribution in [0.2, 0.25) is 0 Å². The normalized spacial score (nSPS) is 10.5. The number of nitrogens with one attached hydrogen (secondary N) is 2. The Hall–Kier alpha value is -3.79. The van der Waals surface area contributed by atoms with Gasteiger partial charge in [0.05, 0.1) is 25.0 Å². The molecule has 0 radical (unpaired) electrons. The van der Waals surface area contributed by atoms with Crippen LogP contribution in [-0.2, 0) is 16.1 Å². The van der Waals surface area contributed by atoms with Crippen molar-refractivity contribution in [1.29, 1.82) is 5.26 Å². The van der Waals surface area contributed by atoms with Crippen molar-refractivity contribution in [2.75, 3.05) is 19.0 Å². The van der Waals surface area contributed by atoms with Gasteiger partial charge < -0.3 is 20.1 Å². The minimum absolute atomic E-state index is 0.118. The maximum atomic E-state index is 12.3. The minimum atomic E-state index is -0.528. The van der Waals surface area contributed by atoms with E-state index in [2.05, 4.69) is 10.6 Å². The number of hydrogen-bond donors (Lipinski definition) is 2. The number of carbonyl (C=O) groups excluding carboxylic acids is 2. The highest BCUT2D eigenvalue weighted by Gasteiger charge is 2.13. The molecule has 0 fully saturated rings. The molecule has 0 aromatic heterocycles. The summed E-state index contributed by atoms with van der Waals surface area (Å²) in [4.78, 5) is 24.2. The summed E-state index contributed by atoms with van der Waals surface area (Å²) in [5.41, 5.74) is 1.51. The summed E-state index contributed by atoms with van der Waals surface area (Å²) in [6, 6.07) is 15.8. The van der Waals surface area contributed by atoms with Gasteiger partial charge in [0.1, 0.15) is 17.4 Å². The SMILES string of the molecule is CCOC(=O)c1ccccc1N/C=C(/C#N)C(=O)NCc1ccc(OC)cc1. The summed E-state index contributed by atoms with van der Waals surface area (Å²) >= 11 is 0. The lowest BCUT2D eigenvalue weighted by Crippen LogP contribution is -2.24. The third-order valence-electron chi connectivity index (χ3n) is 3.77. The number of nitrogens with zero attached hydrogens (tertiary/aromatic N) is 1. The molecule has 1 amide bonds. The van der Waals surface area contributed by atoms with E-state index in [0.29, 0.717) is 11.3 Å². The monoisotopic (exact) mass is 379 g/mol. The molecule has 28 heavy (non-hydrogen) atoms. The molecule has 2 N–H and O–H groups in total. The van der Waals surface area contributed by atoms with Crippen LogP contribution in [0.4, 0.5) is 5.69 Å². The van der Waals surface area contributed by atoms with Crippen molar-refractivity contribution in [2.45, 2.75) is 13.5 Å². The standard InChI is InChI=1S/C21H21N3O4/c1-3-28-21(26)18-6-4-5-7-19(18)23-14-16(12-22)20(25)24-13-15-8-10-17(27-2)11-9-15/h4-11,14,23H,3,13H2,1-2H3,(H,24,25)/b16-14-. The van der Waals surface area contributed by atoms with E-state index in [1.54, 1.807) is 50.4 Å². The number of methoxy groups -OCH3 is 1. The molecule has 0 saturated heterocycles. The lowest BCUT2D eigenvalue weighted by molar-refractivity contribution is -0.117. The molecular weight excluding hydrogens is 358 g/mol. The predicted octanol–water partition coefficient (Wildman–Crippen LogP) is 3.01. The summed E-state index contributed by atoms with van der Waals surface area (Å²) in [6.07, 6.45) is 1.27. The summed E-state index contributed by atoms with van der Waals surface area (Å²) in [6.45, 7) is 2.23. The third-order valence-corrected chi connectivity index (χ3v) is 3.77. The van der Waals surface area contributed by atoms with Gasteiger partial charge in [-0.25, -0.2) is 4.79 Å². The second kappa shape index (κ2) is 10.4. The zero-order valence-electron chi connectivity index (χ0n) is 15.7. The Morgan fingerprint density at radius 3 is 2.50 bits per heavy atom. The molecule has 0 unspecified atom stereocenters. The van der Waals surface area contributed by atoms with Gasteiger partial charge in [-0.15, -0.1) is 0 Å². The average molecular weight is 379 g/mol. The van der Waals surface area contributed by atoms with Gasteiger partial charge >= 0.3 is 5.97 Å². The molecular formula is C21H21N3O4. The highest BCUT2D eigenvalue weighted by atomic mass is 16.5. The second-order valence-electron chi connectivity index (χ2n) is 5.61. The van der Waals surface area contributed by atoms with Crippen LogP contribution in [0.5, 0.6) is 5.75 Å². The van der Waals surface area contributed by atoms with Gasteiger partial charge in [-0.1, -0.05) is 24.3 Å². The van der Waals surface area contributed by atoms with Gasteiger partial charge in [0.2, 0.25) is 0 Å². The molecule has 144 valence electrons. The fourth-order valence-corrected chi connectivity index (χ4v) is 2.32. The maximum absolute atomic E-state index is 12.3. The smallest absolute Gasteiger partial charge is 0.340 e. The quantitative estimate of drug-likeness (QED) is 0.415. The Morgan fingerprint density at radius 1 is 1.14 bits per heavy atom. The van der Waals surface area contributed by atoms with Crippen LogP contribution in [-0.4, -0.2) is 25.6 Å². The Bertz CT molecular complexity index is 899. The van der Waals surface area contributed by atoms with E-state index in [-0.39, 0.29) is 18.7 Å². The Labute approximate surface area is 163 Å². The highest BCUT2D eigenvalue weighted by Crippen LogP contribution is 2.17. The number of rotatable bonds is 8. The first kappa shape index (κ1) is 20.5. The zero-order chi connectivity index (χ0) is 20.4. The minimum Gasteiger partial charge on any atom is -0.497 e. The van der Waals surface area contributed by atoms with E-state index in [4.69, 9.17) is 9.47 Å². The molecule has 2 aromatic carbocycles. The van der Waals surface area contributed by atoms with E-state index in [1.807, 2.05) is 18.2 Å².